The van der Waals surface area contributed by atoms with Crippen LogP contribution in [-0.4, -0.2) is 62.4 Å². The zero-order valence-corrected chi connectivity index (χ0v) is 17.4. The van der Waals surface area contributed by atoms with E-state index in [9.17, 15) is 0 Å². The predicted molar refractivity (Wildman–Crippen MR) is 112 cm³/mol. The zero-order chi connectivity index (χ0) is 19.9. The fraction of sp³-hybridized carbons (Fsp3) is 0.524. The number of nitrogens with one attached hydrogen (secondary N) is 1. The molecule has 1 saturated heterocycles. The van der Waals surface area contributed by atoms with Crippen LogP contribution in [0.4, 0.5) is 5.69 Å². The highest BCUT2D eigenvalue weighted by Gasteiger charge is 2.21. The normalized spacial score (nSPS) is 15.1. The number of methoxy groups -OCH3 is 1. The molecule has 1 aliphatic rings. The molecule has 0 atom stereocenters. The maximum absolute atomic E-state index is 5.52. The first-order chi connectivity index (χ1) is 13.6. The summed E-state index contributed by atoms with van der Waals surface area (Å²) in [6, 6.07) is 8.21. The first-order valence-corrected chi connectivity index (χ1v) is 9.97. The first-order valence-electron chi connectivity index (χ1n) is 9.97. The third-order valence-corrected chi connectivity index (χ3v) is 5.14. The summed E-state index contributed by atoms with van der Waals surface area (Å²) in [6.07, 6.45) is 0.844. The number of aromatic nitrogens is 1. The van der Waals surface area contributed by atoms with Gasteiger partial charge in [0.05, 0.1) is 18.5 Å². The Morgan fingerprint density at radius 2 is 1.96 bits per heavy atom. The highest BCUT2D eigenvalue weighted by atomic mass is 16.5. The summed E-state index contributed by atoms with van der Waals surface area (Å²) in [5, 5.41) is 7.46. The van der Waals surface area contributed by atoms with Crippen LogP contribution >= 0.6 is 0 Å². The number of piperazine rings is 1. The number of benzene rings is 1. The molecular formula is C21H31N5O2. The molecule has 0 radical (unpaired) electrons. The summed E-state index contributed by atoms with van der Waals surface area (Å²) >= 11 is 0. The number of guanidine groups is 1. The molecule has 2 heterocycles. The van der Waals surface area contributed by atoms with Crippen LogP contribution in [0.2, 0.25) is 0 Å². The lowest BCUT2D eigenvalue weighted by molar-refractivity contribution is 0.367. The van der Waals surface area contributed by atoms with Gasteiger partial charge in [-0.25, -0.2) is 0 Å². The van der Waals surface area contributed by atoms with Crippen LogP contribution in [0.5, 0.6) is 5.75 Å². The maximum Gasteiger partial charge on any atom is 0.194 e. The largest absolute Gasteiger partial charge is 0.495 e. The lowest BCUT2D eigenvalue weighted by Crippen LogP contribution is -2.52. The van der Waals surface area contributed by atoms with Crippen molar-refractivity contribution in [3.05, 3.63) is 41.3 Å². The van der Waals surface area contributed by atoms with Crippen LogP contribution in [0.1, 0.15) is 23.9 Å². The van der Waals surface area contributed by atoms with E-state index in [4.69, 9.17) is 14.3 Å². The average molecular weight is 386 g/mol. The van der Waals surface area contributed by atoms with Crippen molar-refractivity contribution in [1.82, 2.24) is 15.4 Å². The highest BCUT2D eigenvalue weighted by Crippen LogP contribution is 2.28. The Hall–Kier alpha value is -2.70. The van der Waals surface area contributed by atoms with Crippen molar-refractivity contribution in [3.63, 3.8) is 0 Å². The van der Waals surface area contributed by atoms with Gasteiger partial charge in [0.1, 0.15) is 11.5 Å². The number of hydrogen-bond acceptors (Lipinski definition) is 5. The molecule has 0 aliphatic carbocycles. The van der Waals surface area contributed by atoms with E-state index in [1.807, 2.05) is 26.0 Å². The van der Waals surface area contributed by atoms with E-state index in [1.165, 1.54) is 5.56 Å². The second kappa shape index (κ2) is 9.48. The van der Waals surface area contributed by atoms with Crippen molar-refractivity contribution in [2.75, 3.05) is 51.3 Å². The monoisotopic (exact) mass is 385 g/mol. The molecule has 2 aromatic rings. The van der Waals surface area contributed by atoms with Crippen molar-refractivity contribution >= 4 is 11.6 Å². The lowest BCUT2D eigenvalue weighted by Gasteiger charge is -2.38. The summed E-state index contributed by atoms with van der Waals surface area (Å²) in [5.74, 6) is 2.80. The molecular weight excluding hydrogens is 354 g/mol. The fourth-order valence-electron chi connectivity index (χ4n) is 3.61. The molecule has 0 spiro atoms. The minimum Gasteiger partial charge on any atom is -0.495 e. The van der Waals surface area contributed by atoms with Gasteiger partial charge >= 0.3 is 0 Å². The van der Waals surface area contributed by atoms with Crippen molar-refractivity contribution in [3.8, 4) is 5.75 Å². The quantitative estimate of drug-likeness (QED) is 0.609. The summed E-state index contributed by atoms with van der Waals surface area (Å²) < 4.78 is 10.8. The van der Waals surface area contributed by atoms with Gasteiger partial charge in [0.2, 0.25) is 0 Å². The Labute approximate surface area is 167 Å². The Balaban J connectivity index is 1.61. The predicted octanol–water partition coefficient (Wildman–Crippen LogP) is 2.63. The molecule has 0 bridgehead atoms. The highest BCUT2D eigenvalue weighted by molar-refractivity contribution is 5.80. The van der Waals surface area contributed by atoms with E-state index in [2.05, 4.69) is 39.3 Å². The number of aryl methyl sites for hydroxylation is 2. The number of para-hydroxylation sites is 2. The molecule has 152 valence electrons. The second-order valence-electron chi connectivity index (χ2n) is 6.93. The van der Waals surface area contributed by atoms with Crippen molar-refractivity contribution in [2.24, 2.45) is 4.99 Å². The van der Waals surface area contributed by atoms with E-state index >= 15 is 0 Å². The summed E-state index contributed by atoms with van der Waals surface area (Å²) in [4.78, 5) is 9.56. The van der Waals surface area contributed by atoms with E-state index in [-0.39, 0.29) is 0 Å². The molecule has 3 rings (SSSR count). The Kier molecular flexibility index (Phi) is 6.79. The maximum atomic E-state index is 5.52. The van der Waals surface area contributed by atoms with Gasteiger partial charge in [-0.2, -0.15) is 0 Å². The van der Waals surface area contributed by atoms with E-state index in [0.717, 1.165) is 74.5 Å². The van der Waals surface area contributed by atoms with Gasteiger partial charge in [-0.1, -0.05) is 17.3 Å². The Bertz CT molecular complexity index is 774. The van der Waals surface area contributed by atoms with E-state index in [0.29, 0.717) is 0 Å². The molecule has 28 heavy (non-hydrogen) atoms. The van der Waals surface area contributed by atoms with Gasteiger partial charge in [0.15, 0.2) is 5.96 Å². The Morgan fingerprint density at radius 1 is 1.21 bits per heavy atom. The van der Waals surface area contributed by atoms with Crippen LogP contribution in [0.25, 0.3) is 0 Å². The third kappa shape index (κ3) is 4.58. The molecule has 7 nitrogen and oxygen atoms in total. The topological polar surface area (TPSA) is 66.1 Å². The molecule has 1 aromatic heterocycles. The fourth-order valence-corrected chi connectivity index (χ4v) is 3.61. The molecule has 1 aromatic carbocycles. The molecule has 1 aliphatic heterocycles. The van der Waals surface area contributed by atoms with Crippen LogP contribution < -0.4 is 15.0 Å². The summed E-state index contributed by atoms with van der Waals surface area (Å²) in [7, 11) is 1.73. The number of anilines is 1. The molecule has 0 saturated carbocycles. The van der Waals surface area contributed by atoms with Crippen LogP contribution in [0.3, 0.4) is 0 Å². The van der Waals surface area contributed by atoms with Crippen LogP contribution in [-0.2, 0) is 6.42 Å². The van der Waals surface area contributed by atoms with Gasteiger partial charge in [0.25, 0.3) is 0 Å². The second-order valence-corrected chi connectivity index (χ2v) is 6.93. The molecule has 7 heteroatoms. The van der Waals surface area contributed by atoms with Gasteiger partial charge in [-0.3, -0.25) is 4.99 Å². The minimum absolute atomic E-state index is 0.720. The number of ether oxygens (including phenoxy) is 1. The van der Waals surface area contributed by atoms with Crippen LogP contribution in [0.15, 0.2) is 33.8 Å². The third-order valence-electron chi connectivity index (χ3n) is 5.14. The standard InChI is InChI=1S/C21H31N5O2/c1-5-22-21(23-11-10-18-16(2)24-28-17(18)3)26-14-12-25(13-15-26)19-8-6-7-9-20(19)27-4/h6-9H,5,10-15H2,1-4H3,(H,22,23). The lowest BCUT2D eigenvalue weighted by atomic mass is 10.1. The first kappa shape index (κ1) is 20.0. The number of nitrogens with zero attached hydrogens (tertiary/aromatic N) is 4. The zero-order valence-electron chi connectivity index (χ0n) is 17.4. The van der Waals surface area contributed by atoms with Crippen molar-refractivity contribution in [1.29, 1.82) is 0 Å². The number of rotatable bonds is 6. The average Bonchev–Trinajstić information content (AvgIpc) is 3.05. The Morgan fingerprint density at radius 3 is 2.61 bits per heavy atom. The van der Waals surface area contributed by atoms with E-state index < -0.39 is 0 Å². The van der Waals surface area contributed by atoms with E-state index in [1.54, 1.807) is 7.11 Å². The summed E-state index contributed by atoms with van der Waals surface area (Å²) in [6.45, 7) is 11.4. The van der Waals surface area contributed by atoms with Gasteiger partial charge in [-0.05, 0) is 39.3 Å². The smallest absolute Gasteiger partial charge is 0.194 e. The number of hydrogen-bond donors (Lipinski definition) is 1. The molecule has 0 amide bonds. The molecule has 1 N–H and O–H groups in total. The number of aliphatic imine (C=N–C) groups is 1. The minimum atomic E-state index is 0.720. The van der Waals surface area contributed by atoms with Gasteiger partial charge in [0, 0.05) is 44.8 Å². The SMILES string of the molecule is CCNC(=NCCc1c(C)noc1C)N1CCN(c2ccccc2OC)CC1. The van der Waals surface area contributed by atoms with Gasteiger partial charge < -0.3 is 24.4 Å². The molecule has 0 unspecified atom stereocenters. The summed E-state index contributed by atoms with van der Waals surface area (Å²) in [5.41, 5.74) is 3.29. The van der Waals surface area contributed by atoms with Crippen LogP contribution in [0, 0.1) is 13.8 Å². The van der Waals surface area contributed by atoms with Gasteiger partial charge in [-0.15, -0.1) is 0 Å². The van der Waals surface area contributed by atoms with Crippen molar-refractivity contribution in [2.45, 2.75) is 27.2 Å². The molecule has 1 fully saturated rings. The van der Waals surface area contributed by atoms with Crippen molar-refractivity contribution < 1.29 is 9.26 Å².